The van der Waals surface area contributed by atoms with E-state index in [1.165, 1.54) is 65.6 Å². The topological polar surface area (TPSA) is 83.1 Å². The van der Waals surface area contributed by atoms with Crippen molar-refractivity contribution in [3.63, 3.8) is 0 Å². The summed E-state index contributed by atoms with van der Waals surface area (Å²) in [6.45, 7) is -0.211. The molecule has 0 atom stereocenters. The Balaban J connectivity index is 1.35. The van der Waals surface area contributed by atoms with E-state index in [4.69, 9.17) is 0 Å². The van der Waals surface area contributed by atoms with Crippen molar-refractivity contribution >= 4 is 34.6 Å². The van der Waals surface area contributed by atoms with Gasteiger partial charge < -0.3 is 4.90 Å². The van der Waals surface area contributed by atoms with E-state index < -0.39 is 23.4 Å². The van der Waals surface area contributed by atoms with Gasteiger partial charge in [-0.25, -0.2) is 18.3 Å². The van der Waals surface area contributed by atoms with E-state index in [9.17, 15) is 23.2 Å². The monoisotopic (exact) mass is 591 g/mol. The molecule has 1 aromatic heterocycles. The Labute approximate surface area is 249 Å². The zero-order chi connectivity index (χ0) is 30.8. The average Bonchev–Trinajstić information content (AvgIpc) is 3.03. The molecule has 5 aromatic rings. The molecule has 1 amide bonds. The summed E-state index contributed by atoms with van der Waals surface area (Å²) in [5, 5.41) is 7.78. The van der Waals surface area contributed by atoms with Gasteiger partial charge in [0.25, 0.3) is 11.5 Å². The molecule has 2 heterocycles. The fourth-order valence-corrected chi connectivity index (χ4v) is 5.22. The number of Topliss-reactive ketones (excluding diaryl/α,β-unsaturated/α-hetero) is 1. The zero-order valence-electron chi connectivity index (χ0n) is 23.2. The number of nitrogens with one attached hydrogen (secondary N) is 1. The van der Waals surface area contributed by atoms with Crippen molar-refractivity contribution in [2.45, 2.75) is 6.42 Å². The van der Waals surface area contributed by atoms with Crippen LogP contribution in [0.25, 0.3) is 22.9 Å². The summed E-state index contributed by atoms with van der Waals surface area (Å²) in [6, 6.07) is 22.3. The van der Waals surface area contributed by atoms with Gasteiger partial charge in [-0.05, 0) is 71.3 Å². The highest BCUT2D eigenvalue weighted by Gasteiger charge is 2.31. The smallest absolute Gasteiger partial charge is 0.272 e. The Kier molecular flexibility index (Phi) is 7.76. The maximum atomic E-state index is 15.2. The summed E-state index contributed by atoms with van der Waals surface area (Å²) in [4.78, 5) is 40.9. The second kappa shape index (κ2) is 12.0. The number of amides is 1. The summed E-state index contributed by atoms with van der Waals surface area (Å²) < 4.78 is 42.2. The molecule has 0 unspecified atom stereocenters. The number of ketones is 1. The normalized spacial score (nSPS) is 15.3. The third-order valence-electron chi connectivity index (χ3n) is 7.42. The summed E-state index contributed by atoms with van der Waals surface area (Å²) in [5.41, 5.74) is 2.26. The Hall–Kier alpha value is -5.57. The third kappa shape index (κ3) is 5.98. The number of H-pyrrole nitrogens is 1. The van der Waals surface area contributed by atoms with Gasteiger partial charge in [-0.3, -0.25) is 14.4 Å². The van der Waals surface area contributed by atoms with Crippen molar-refractivity contribution in [2.75, 3.05) is 13.1 Å². The van der Waals surface area contributed by atoms with Crippen LogP contribution in [0.3, 0.4) is 0 Å². The Morgan fingerprint density at radius 3 is 1.93 bits per heavy atom. The minimum atomic E-state index is -0.733. The number of nitrogens with zero attached hydrogens (tertiary/aromatic N) is 2. The van der Waals surface area contributed by atoms with E-state index in [0.717, 1.165) is 0 Å². The standard InChI is InChI=1S/C35H24F3N3O3/c36-26-10-5-21(6-11-26)15-24-19-41(20-25(33(24)42)16-22-7-12-27(37)13-8-22)35(44)30-17-23(9-14-31(30)38)18-32-28-3-1-2-4-29(28)34(43)40-39-32/h1-17H,18-20H2,(H,40,43)/b24-15+,25-16+. The molecule has 0 spiro atoms. The van der Waals surface area contributed by atoms with Gasteiger partial charge in [-0.15, -0.1) is 0 Å². The van der Waals surface area contributed by atoms with Crippen molar-refractivity contribution < 1.29 is 22.8 Å². The predicted octanol–water partition coefficient (Wildman–Crippen LogP) is 6.12. The highest BCUT2D eigenvalue weighted by atomic mass is 19.1. The zero-order valence-corrected chi connectivity index (χ0v) is 23.2. The molecule has 1 fully saturated rings. The van der Waals surface area contributed by atoms with Gasteiger partial charge in [0.1, 0.15) is 17.5 Å². The number of likely N-dealkylation sites (tertiary alicyclic amines) is 1. The molecule has 1 aliphatic heterocycles. The highest BCUT2D eigenvalue weighted by molar-refractivity contribution is 6.16. The van der Waals surface area contributed by atoms with Crippen molar-refractivity contribution in [2.24, 2.45) is 0 Å². The molecular formula is C35H24F3N3O3. The first-order valence-electron chi connectivity index (χ1n) is 13.8. The average molecular weight is 592 g/mol. The SMILES string of the molecule is O=C1/C(=C/c2ccc(F)cc2)CN(C(=O)c2cc(Cc3n[nH]c(=O)c4ccccc34)ccc2F)C/C1=C\c1ccc(F)cc1. The molecule has 9 heteroatoms. The number of aromatic amines is 1. The number of rotatable bonds is 5. The van der Waals surface area contributed by atoms with Crippen LogP contribution in [0.4, 0.5) is 13.2 Å². The minimum Gasteiger partial charge on any atom is -0.330 e. The molecule has 44 heavy (non-hydrogen) atoms. The van der Waals surface area contributed by atoms with Crippen LogP contribution in [0.5, 0.6) is 0 Å². The third-order valence-corrected chi connectivity index (χ3v) is 7.42. The van der Waals surface area contributed by atoms with Crippen LogP contribution in [-0.2, 0) is 11.2 Å². The molecule has 1 saturated heterocycles. The van der Waals surface area contributed by atoms with E-state index in [1.807, 2.05) is 0 Å². The Morgan fingerprint density at radius 2 is 1.34 bits per heavy atom. The van der Waals surface area contributed by atoms with E-state index in [2.05, 4.69) is 10.2 Å². The van der Waals surface area contributed by atoms with Crippen LogP contribution in [-0.4, -0.2) is 39.9 Å². The van der Waals surface area contributed by atoms with Gasteiger partial charge >= 0.3 is 0 Å². The molecule has 6 rings (SSSR count). The van der Waals surface area contributed by atoms with Gasteiger partial charge in [-0.2, -0.15) is 5.10 Å². The Bertz CT molecular complexity index is 1960. The maximum Gasteiger partial charge on any atom is 0.272 e. The van der Waals surface area contributed by atoms with Gasteiger partial charge in [0.15, 0.2) is 5.78 Å². The molecule has 0 saturated carbocycles. The minimum absolute atomic E-state index is 0.106. The van der Waals surface area contributed by atoms with E-state index in [0.29, 0.717) is 33.2 Å². The number of carbonyl (C=O) groups excluding carboxylic acids is 2. The molecule has 0 aliphatic carbocycles. The molecule has 0 bridgehead atoms. The van der Waals surface area contributed by atoms with Crippen molar-refractivity contribution in [3.05, 3.63) is 158 Å². The summed E-state index contributed by atoms with van der Waals surface area (Å²) in [7, 11) is 0. The number of hydrogen-bond donors (Lipinski definition) is 1. The van der Waals surface area contributed by atoms with Crippen LogP contribution in [0.15, 0.2) is 107 Å². The van der Waals surface area contributed by atoms with Crippen molar-refractivity contribution in [1.29, 1.82) is 0 Å². The lowest BCUT2D eigenvalue weighted by Gasteiger charge is -2.30. The second-order valence-electron chi connectivity index (χ2n) is 10.5. The fraction of sp³-hybridized carbons (Fsp3) is 0.0857. The summed E-state index contributed by atoms with van der Waals surface area (Å²) in [5.74, 6) is -2.56. The van der Waals surface area contributed by atoms with Crippen LogP contribution >= 0.6 is 0 Å². The van der Waals surface area contributed by atoms with Crippen LogP contribution in [0, 0.1) is 17.5 Å². The van der Waals surface area contributed by atoms with Crippen LogP contribution < -0.4 is 5.56 Å². The van der Waals surface area contributed by atoms with Crippen LogP contribution in [0.2, 0.25) is 0 Å². The number of benzene rings is 4. The molecule has 0 radical (unpaired) electrons. The lowest BCUT2D eigenvalue weighted by Crippen LogP contribution is -2.42. The molecule has 4 aromatic carbocycles. The summed E-state index contributed by atoms with van der Waals surface area (Å²) >= 11 is 0. The number of aromatic nitrogens is 2. The first-order chi connectivity index (χ1) is 21.2. The van der Waals surface area contributed by atoms with E-state index in [1.54, 1.807) is 42.5 Å². The van der Waals surface area contributed by atoms with Gasteiger partial charge in [-0.1, -0.05) is 48.5 Å². The lowest BCUT2D eigenvalue weighted by molar-refractivity contribution is -0.113. The molecule has 1 N–H and O–H groups in total. The van der Waals surface area contributed by atoms with Gasteiger partial charge in [0, 0.05) is 23.0 Å². The van der Waals surface area contributed by atoms with Crippen molar-refractivity contribution in [3.8, 4) is 0 Å². The molecular weight excluding hydrogens is 567 g/mol. The van der Waals surface area contributed by atoms with Gasteiger partial charge in [0.05, 0.1) is 29.7 Å². The maximum absolute atomic E-state index is 15.2. The second-order valence-corrected chi connectivity index (χ2v) is 10.5. The number of halogens is 3. The number of piperidine rings is 1. The number of carbonyl (C=O) groups is 2. The largest absolute Gasteiger partial charge is 0.330 e. The van der Waals surface area contributed by atoms with Crippen LogP contribution in [0.1, 0.15) is 32.7 Å². The van der Waals surface area contributed by atoms with E-state index >= 15 is 4.39 Å². The Morgan fingerprint density at radius 1 is 0.773 bits per heavy atom. The number of fused-ring (bicyclic) bond motifs is 1. The molecule has 218 valence electrons. The quantitative estimate of drug-likeness (QED) is 0.250. The highest BCUT2D eigenvalue weighted by Crippen LogP contribution is 2.26. The molecule has 1 aliphatic rings. The lowest BCUT2D eigenvalue weighted by atomic mass is 9.93. The number of hydrogen-bond acceptors (Lipinski definition) is 4. The van der Waals surface area contributed by atoms with E-state index in [-0.39, 0.29) is 47.6 Å². The first kappa shape index (κ1) is 28.5. The fourth-order valence-electron chi connectivity index (χ4n) is 5.22. The summed E-state index contributed by atoms with van der Waals surface area (Å²) in [6.07, 6.45) is 3.36. The molecule has 6 nitrogen and oxygen atoms in total. The van der Waals surface area contributed by atoms with Gasteiger partial charge in [0.2, 0.25) is 0 Å². The van der Waals surface area contributed by atoms with Crippen molar-refractivity contribution in [1.82, 2.24) is 15.1 Å². The predicted molar refractivity (Wildman–Crippen MR) is 161 cm³/mol. The first-order valence-corrected chi connectivity index (χ1v) is 13.8.